The molecule has 1 saturated heterocycles. The van der Waals surface area contributed by atoms with Gasteiger partial charge in [-0.1, -0.05) is 13.0 Å². The fourth-order valence-corrected chi connectivity index (χ4v) is 2.07. The van der Waals surface area contributed by atoms with Gasteiger partial charge in [0.2, 0.25) is 0 Å². The Hall–Kier alpha value is -0.870. The van der Waals surface area contributed by atoms with Crippen LogP contribution in [-0.4, -0.2) is 48.3 Å². The highest BCUT2D eigenvalue weighted by atomic mass is 16.5. The lowest BCUT2D eigenvalue weighted by Crippen LogP contribution is -2.36. The Morgan fingerprint density at radius 1 is 1.62 bits per heavy atom. The molecule has 0 aliphatic carbocycles. The highest BCUT2D eigenvalue weighted by Crippen LogP contribution is 2.18. The number of likely N-dealkylation sites (N-methyl/N-ethyl adjacent to an activating group) is 1. The van der Waals surface area contributed by atoms with Gasteiger partial charge in [-0.15, -0.1) is 0 Å². The van der Waals surface area contributed by atoms with E-state index in [4.69, 9.17) is 9.84 Å². The maximum absolute atomic E-state index is 10.8. The van der Waals surface area contributed by atoms with Gasteiger partial charge < -0.3 is 9.84 Å². The van der Waals surface area contributed by atoms with E-state index in [1.807, 2.05) is 14.0 Å². The second-order valence-corrected chi connectivity index (χ2v) is 4.26. The second-order valence-electron chi connectivity index (χ2n) is 4.26. The van der Waals surface area contributed by atoms with Crippen LogP contribution in [0.15, 0.2) is 11.6 Å². The molecule has 92 valence electrons. The zero-order chi connectivity index (χ0) is 12.1. The molecule has 1 fully saturated rings. The second kappa shape index (κ2) is 6.01. The minimum atomic E-state index is -0.813. The highest BCUT2D eigenvalue weighted by molar-refractivity contribution is 5.86. The number of aliphatic carboxylic acids is 1. The van der Waals surface area contributed by atoms with E-state index >= 15 is 0 Å². The highest BCUT2D eigenvalue weighted by Gasteiger charge is 2.27. The molecule has 4 nitrogen and oxygen atoms in total. The van der Waals surface area contributed by atoms with Crippen molar-refractivity contribution in [2.24, 2.45) is 0 Å². The summed E-state index contributed by atoms with van der Waals surface area (Å²) in [6.45, 7) is 5.41. The molecule has 1 rings (SSSR count). The summed E-state index contributed by atoms with van der Waals surface area (Å²) in [5.74, 6) is -0.813. The van der Waals surface area contributed by atoms with Gasteiger partial charge in [-0.2, -0.15) is 0 Å². The van der Waals surface area contributed by atoms with Gasteiger partial charge in [0.1, 0.15) is 0 Å². The van der Waals surface area contributed by atoms with E-state index < -0.39 is 5.97 Å². The third-order valence-corrected chi connectivity index (χ3v) is 3.18. The van der Waals surface area contributed by atoms with Crippen LogP contribution < -0.4 is 0 Å². The normalized spacial score (nSPS) is 26.4. The van der Waals surface area contributed by atoms with Crippen molar-refractivity contribution in [2.75, 3.05) is 20.2 Å². The Kier molecular flexibility index (Phi) is 4.96. The number of ether oxygens (including phenoxy) is 1. The Morgan fingerprint density at radius 2 is 2.31 bits per heavy atom. The predicted octanol–water partition coefficient (Wildman–Crippen LogP) is 1.52. The number of hydrogen-bond acceptors (Lipinski definition) is 3. The van der Waals surface area contributed by atoms with E-state index in [9.17, 15) is 4.79 Å². The van der Waals surface area contributed by atoms with Crippen LogP contribution in [0.3, 0.4) is 0 Å². The Balaban J connectivity index is 2.50. The maximum Gasteiger partial charge on any atom is 0.331 e. The standard InChI is InChI=1S/C12H21NO3/c1-4-10(12(14)15)5-7-13(3)11-6-8-16-9(11)2/h5,9,11H,4,6-8H2,1-3H3,(H,14,15). The summed E-state index contributed by atoms with van der Waals surface area (Å²) < 4.78 is 5.49. The molecule has 2 atom stereocenters. The van der Waals surface area contributed by atoms with Crippen LogP contribution >= 0.6 is 0 Å². The zero-order valence-electron chi connectivity index (χ0n) is 10.3. The summed E-state index contributed by atoms with van der Waals surface area (Å²) in [6.07, 6.45) is 3.64. The largest absolute Gasteiger partial charge is 0.478 e. The van der Waals surface area contributed by atoms with Crippen molar-refractivity contribution in [1.82, 2.24) is 4.90 Å². The first-order valence-electron chi connectivity index (χ1n) is 5.80. The Bertz CT molecular complexity index is 275. The summed E-state index contributed by atoms with van der Waals surface area (Å²) in [4.78, 5) is 13.0. The molecule has 1 aliphatic rings. The van der Waals surface area contributed by atoms with Gasteiger partial charge in [0.15, 0.2) is 0 Å². The topological polar surface area (TPSA) is 49.8 Å². The van der Waals surface area contributed by atoms with E-state index in [2.05, 4.69) is 11.8 Å². The lowest BCUT2D eigenvalue weighted by molar-refractivity contribution is -0.132. The first kappa shape index (κ1) is 13.2. The van der Waals surface area contributed by atoms with Gasteiger partial charge in [-0.05, 0) is 26.8 Å². The number of nitrogens with zero attached hydrogens (tertiary/aromatic N) is 1. The minimum Gasteiger partial charge on any atom is -0.478 e. The van der Waals surface area contributed by atoms with E-state index in [-0.39, 0.29) is 6.10 Å². The van der Waals surface area contributed by atoms with Crippen molar-refractivity contribution in [3.63, 3.8) is 0 Å². The number of carboxylic acid groups (broad SMARTS) is 1. The van der Waals surface area contributed by atoms with Crippen LogP contribution in [0.5, 0.6) is 0 Å². The Morgan fingerprint density at radius 3 is 2.75 bits per heavy atom. The molecule has 2 unspecified atom stereocenters. The number of carboxylic acids is 1. The third-order valence-electron chi connectivity index (χ3n) is 3.18. The molecule has 0 aromatic rings. The van der Waals surface area contributed by atoms with E-state index in [0.29, 0.717) is 24.6 Å². The van der Waals surface area contributed by atoms with Crippen LogP contribution in [0.1, 0.15) is 26.7 Å². The molecular weight excluding hydrogens is 206 g/mol. The smallest absolute Gasteiger partial charge is 0.331 e. The van der Waals surface area contributed by atoms with Crippen LogP contribution in [-0.2, 0) is 9.53 Å². The fraction of sp³-hybridized carbons (Fsp3) is 0.750. The molecule has 1 aliphatic heterocycles. The molecule has 0 saturated carbocycles. The third kappa shape index (κ3) is 3.32. The quantitative estimate of drug-likeness (QED) is 0.723. The molecule has 0 spiro atoms. The molecule has 0 bridgehead atoms. The lowest BCUT2D eigenvalue weighted by atomic mass is 10.1. The molecule has 1 N–H and O–H groups in total. The van der Waals surface area contributed by atoms with Crippen LogP contribution in [0, 0.1) is 0 Å². The first-order chi connectivity index (χ1) is 7.56. The summed E-state index contributed by atoms with van der Waals surface area (Å²) in [6, 6.07) is 0.406. The molecular formula is C12H21NO3. The predicted molar refractivity (Wildman–Crippen MR) is 62.5 cm³/mol. The van der Waals surface area contributed by atoms with Crippen molar-refractivity contribution >= 4 is 5.97 Å². The zero-order valence-corrected chi connectivity index (χ0v) is 10.3. The Labute approximate surface area is 96.9 Å². The van der Waals surface area contributed by atoms with Gasteiger partial charge in [0.25, 0.3) is 0 Å². The number of rotatable bonds is 5. The lowest BCUT2D eigenvalue weighted by Gasteiger charge is -2.25. The molecule has 0 radical (unpaired) electrons. The average molecular weight is 227 g/mol. The van der Waals surface area contributed by atoms with E-state index in [1.54, 1.807) is 6.08 Å². The van der Waals surface area contributed by atoms with Gasteiger partial charge in [-0.25, -0.2) is 4.79 Å². The minimum absolute atomic E-state index is 0.244. The summed E-state index contributed by atoms with van der Waals surface area (Å²) in [5.41, 5.74) is 0.485. The van der Waals surface area contributed by atoms with Crippen LogP contribution in [0.4, 0.5) is 0 Å². The van der Waals surface area contributed by atoms with Crippen molar-refractivity contribution in [2.45, 2.75) is 38.8 Å². The summed E-state index contributed by atoms with van der Waals surface area (Å²) in [5, 5.41) is 8.89. The van der Waals surface area contributed by atoms with Gasteiger partial charge in [0.05, 0.1) is 6.10 Å². The molecule has 16 heavy (non-hydrogen) atoms. The number of carbonyl (C=O) groups is 1. The van der Waals surface area contributed by atoms with E-state index in [0.717, 1.165) is 13.0 Å². The van der Waals surface area contributed by atoms with E-state index in [1.165, 1.54) is 0 Å². The van der Waals surface area contributed by atoms with Gasteiger partial charge >= 0.3 is 5.97 Å². The van der Waals surface area contributed by atoms with Crippen molar-refractivity contribution < 1.29 is 14.6 Å². The monoisotopic (exact) mass is 227 g/mol. The van der Waals surface area contributed by atoms with Crippen molar-refractivity contribution in [3.05, 3.63) is 11.6 Å². The maximum atomic E-state index is 10.8. The van der Waals surface area contributed by atoms with Crippen molar-refractivity contribution in [3.8, 4) is 0 Å². The number of hydrogen-bond donors (Lipinski definition) is 1. The molecule has 1 heterocycles. The molecule has 0 amide bonds. The average Bonchev–Trinajstić information content (AvgIpc) is 2.64. The summed E-state index contributed by atoms with van der Waals surface area (Å²) >= 11 is 0. The molecule has 0 aromatic carbocycles. The fourth-order valence-electron chi connectivity index (χ4n) is 2.07. The molecule has 0 aromatic heterocycles. The summed E-state index contributed by atoms with van der Waals surface area (Å²) in [7, 11) is 2.02. The van der Waals surface area contributed by atoms with Crippen molar-refractivity contribution in [1.29, 1.82) is 0 Å². The van der Waals surface area contributed by atoms with Gasteiger partial charge in [-0.3, -0.25) is 4.90 Å². The van der Waals surface area contributed by atoms with Crippen LogP contribution in [0.25, 0.3) is 0 Å². The molecule has 4 heteroatoms. The SMILES string of the molecule is CCC(=CCN(C)C1CCOC1C)C(=O)O. The van der Waals surface area contributed by atoms with Gasteiger partial charge in [0, 0.05) is 24.8 Å². The first-order valence-corrected chi connectivity index (χ1v) is 5.80. The van der Waals surface area contributed by atoms with Crippen LogP contribution in [0.2, 0.25) is 0 Å².